The molecule has 1 saturated heterocycles. The normalized spacial score (nSPS) is 17.9. The number of carbonyl (C=O) groups is 3. The number of amides is 3. The molecule has 3 amide bonds. The Morgan fingerprint density at radius 1 is 1.11 bits per heavy atom. The van der Waals surface area contributed by atoms with Gasteiger partial charge in [-0.05, 0) is 30.5 Å². The molecule has 1 aliphatic heterocycles. The van der Waals surface area contributed by atoms with E-state index in [0.29, 0.717) is 18.7 Å². The monoisotopic (exact) mass is 476 g/mol. The largest absolute Gasteiger partial charge is 0.496 e. The van der Waals surface area contributed by atoms with Crippen LogP contribution in [-0.2, 0) is 20.8 Å². The molecule has 35 heavy (non-hydrogen) atoms. The lowest BCUT2D eigenvalue weighted by molar-refractivity contribution is -0.144. The molecule has 2 aromatic carbocycles. The number of hydrogen-bond donors (Lipinski definition) is 3. The summed E-state index contributed by atoms with van der Waals surface area (Å²) in [5.74, 6) is -0.486. The van der Waals surface area contributed by atoms with Gasteiger partial charge in [-0.15, -0.1) is 0 Å². The Bertz CT molecular complexity index is 1200. The molecule has 2 atom stereocenters. The molecule has 2 heterocycles. The third-order valence-corrected chi connectivity index (χ3v) is 6.60. The van der Waals surface area contributed by atoms with Crippen LogP contribution >= 0.6 is 0 Å². The molecule has 4 rings (SSSR count). The molecule has 0 spiro atoms. The van der Waals surface area contributed by atoms with Gasteiger partial charge in [0, 0.05) is 35.6 Å². The predicted molar refractivity (Wildman–Crippen MR) is 133 cm³/mol. The fourth-order valence-electron chi connectivity index (χ4n) is 4.83. The molecule has 3 N–H and O–H groups in total. The number of H-pyrrole nitrogens is 1. The van der Waals surface area contributed by atoms with Crippen molar-refractivity contribution in [2.45, 2.75) is 45.1 Å². The minimum Gasteiger partial charge on any atom is -0.496 e. The molecule has 1 aromatic heterocycles. The molecule has 3 aromatic rings. The van der Waals surface area contributed by atoms with Crippen LogP contribution in [0.1, 0.15) is 49.8 Å². The number of ether oxygens (including phenoxy) is 1. The van der Waals surface area contributed by atoms with Crippen molar-refractivity contribution in [2.75, 3.05) is 13.7 Å². The van der Waals surface area contributed by atoms with Gasteiger partial charge in [-0.3, -0.25) is 25.2 Å². The van der Waals surface area contributed by atoms with E-state index in [1.807, 2.05) is 54.7 Å². The van der Waals surface area contributed by atoms with Crippen molar-refractivity contribution in [3.8, 4) is 5.75 Å². The Morgan fingerprint density at radius 2 is 1.89 bits per heavy atom. The number of benzene rings is 2. The number of aromatic amines is 1. The summed E-state index contributed by atoms with van der Waals surface area (Å²) in [4.78, 5) is 43.8. The second-order valence-electron chi connectivity index (χ2n) is 8.85. The lowest BCUT2D eigenvalue weighted by Crippen LogP contribution is -2.52. The third-order valence-electron chi connectivity index (χ3n) is 6.60. The van der Waals surface area contributed by atoms with E-state index in [2.05, 4.69) is 22.8 Å². The molecular weight excluding hydrogens is 444 g/mol. The zero-order valence-corrected chi connectivity index (χ0v) is 20.2. The number of para-hydroxylation sites is 2. The number of hydrogen-bond acceptors (Lipinski definition) is 4. The van der Waals surface area contributed by atoms with Crippen LogP contribution in [0.2, 0.25) is 0 Å². The second-order valence-corrected chi connectivity index (χ2v) is 8.85. The molecule has 0 bridgehead atoms. The van der Waals surface area contributed by atoms with Gasteiger partial charge in [-0.1, -0.05) is 49.7 Å². The quantitative estimate of drug-likeness (QED) is 0.432. The Labute approximate surface area is 205 Å². The van der Waals surface area contributed by atoms with Gasteiger partial charge in [0.05, 0.1) is 25.5 Å². The van der Waals surface area contributed by atoms with Gasteiger partial charge in [-0.25, -0.2) is 0 Å². The van der Waals surface area contributed by atoms with E-state index in [1.54, 1.807) is 12.0 Å². The molecular formula is C27H32N4O4. The summed E-state index contributed by atoms with van der Waals surface area (Å²) in [5, 5.41) is 0.975. The molecule has 8 nitrogen and oxygen atoms in total. The highest BCUT2D eigenvalue weighted by molar-refractivity contribution is 5.90. The average molecular weight is 477 g/mol. The van der Waals surface area contributed by atoms with E-state index in [1.165, 1.54) is 0 Å². The Balaban J connectivity index is 1.50. The number of likely N-dealkylation sites (tertiary alicyclic amines) is 1. The van der Waals surface area contributed by atoms with Crippen LogP contribution in [0.4, 0.5) is 0 Å². The molecule has 0 saturated carbocycles. The Kier molecular flexibility index (Phi) is 7.70. The summed E-state index contributed by atoms with van der Waals surface area (Å²) in [6.45, 7) is 2.63. The number of aromatic nitrogens is 1. The first kappa shape index (κ1) is 24.3. The van der Waals surface area contributed by atoms with Crippen LogP contribution < -0.4 is 15.6 Å². The minimum atomic E-state index is -0.519. The summed E-state index contributed by atoms with van der Waals surface area (Å²) >= 11 is 0. The molecule has 1 aliphatic rings. The fourth-order valence-corrected chi connectivity index (χ4v) is 4.83. The number of hydrazine groups is 1. The molecule has 1 fully saturated rings. The zero-order chi connectivity index (χ0) is 24.8. The van der Waals surface area contributed by atoms with E-state index in [0.717, 1.165) is 34.9 Å². The smallest absolute Gasteiger partial charge is 0.243 e. The van der Waals surface area contributed by atoms with Gasteiger partial charge in [0.2, 0.25) is 17.7 Å². The molecule has 2 unspecified atom stereocenters. The van der Waals surface area contributed by atoms with E-state index in [-0.39, 0.29) is 30.6 Å². The fraction of sp³-hybridized carbons (Fsp3) is 0.370. The van der Waals surface area contributed by atoms with E-state index in [9.17, 15) is 14.4 Å². The molecule has 184 valence electrons. The number of methoxy groups -OCH3 is 1. The summed E-state index contributed by atoms with van der Waals surface area (Å²) in [6.07, 6.45) is 4.40. The van der Waals surface area contributed by atoms with Crippen molar-refractivity contribution in [1.82, 2.24) is 20.7 Å². The number of nitrogens with one attached hydrogen (secondary N) is 3. The lowest BCUT2D eigenvalue weighted by Gasteiger charge is -2.41. The standard InChI is InChI=1S/C27H32N4O4/c1-3-4-15-31-25(33)14-13-21(26(31)20-10-6-8-12-23(20)35-2)27(34)30-29-24(32)16-18-17-28-22-11-7-5-9-19(18)22/h5-12,17,21,26,28H,3-4,13-16H2,1-2H3,(H,29,32)(H,30,34). The van der Waals surface area contributed by atoms with Crippen molar-refractivity contribution in [1.29, 1.82) is 0 Å². The van der Waals surface area contributed by atoms with Gasteiger partial charge in [0.1, 0.15) is 5.75 Å². The lowest BCUT2D eigenvalue weighted by atomic mass is 9.83. The van der Waals surface area contributed by atoms with Crippen molar-refractivity contribution in [3.63, 3.8) is 0 Å². The zero-order valence-electron chi connectivity index (χ0n) is 20.2. The summed E-state index contributed by atoms with van der Waals surface area (Å²) in [6, 6.07) is 14.8. The summed E-state index contributed by atoms with van der Waals surface area (Å²) in [5.41, 5.74) is 7.79. The number of fused-ring (bicyclic) bond motifs is 1. The average Bonchev–Trinajstić information content (AvgIpc) is 3.29. The topological polar surface area (TPSA) is 104 Å². The van der Waals surface area contributed by atoms with Crippen molar-refractivity contribution < 1.29 is 19.1 Å². The van der Waals surface area contributed by atoms with E-state index in [4.69, 9.17) is 4.74 Å². The maximum Gasteiger partial charge on any atom is 0.243 e. The highest BCUT2D eigenvalue weighted by Crippen LogP contribution is 2.40. The van der Waals surface area contributed by atoms with Gasteiger partial charge < -0.3 is 14.6 Å². The highest BCUT2D eigenvalue weighted by atomic mass is 16.5. The summed E-state index contributed by atoms with van der Waals surface area (Å²) in [7, 11) is 1.58. The van der Waals surface area contributed by atoms with Crippen molar-refractivity contribution in [2.24, 2.45) is 5.92 Å². The van der Waals surface area contributed by atoms with Gasteiger partial charge >= 0.3 is 0 Å². The van der Waals surface area contributed by atoms with Crippen LogP contribution in [0.15, 0.2) is 54.7 Å². The third kappa shape index (κ3) is 5.31. The minimum absolute atomic E-state index is 0.0294. The van der Waals surface area contributed by atoms with Gasteiger partial charge in [0.25, 0.3) is 0 Å². The van der Waals surface area contributed by atoms with Crippen LogP contribution in [0.3, 0.4) is 0 Å². The van der Waals surface area contributed by atoms with E-state index < -0.39 is 12.0 Å². The molecule has 0 aliphatic carbocycles. The van der Waals surface area contributed by atoms with E-state index >= 15 is 0 Å². The second kappa shape index (κ2) is 11.1. The Hall–Kier alpha value is -3.81. The van der Waals surface area contributed by atoms with Crippen LogP contribution in [0, 0.1) is 5.92 Å². The highest BCUT2D eigenvalue weighted by Gasteiger charge is 2.41. The number of rotatable bonds is 8. The van der Waals surface area contributed by atoms with Gasteiger partial charge in [0.15, 0.2) is 0 Å². The molecule has 8 heteroatoms. The van der Waals surface area contributed by atoms with Crippen molar-refractivity contribution in [3.05, 3.63) is 65.9 Å². The number of nitrogens with zero attached hydrogens (tertiary/aromatic N) is 1. The SMILES string of the molecule is CCCCN1C(=O)CCC(C(=O)NNC(=O)Cc2c[nH]c3ccccc23)C1c1ccccc1OC. The van der Waals surface area contributed by atoms with Crippen LogP contribution in [0.25, 0.3) is 10.9 Å². The first-order valence-electron chi connectivity index (χ1n) is 12.1. The first-order valence-corrected chi connectivity index (χ1v) is 12.1. The van der Waals surface area contributed by atoms with Crippen LogP contribution in [0.5, 0.6) is 5.75 Å². The summed E-state index contributed by atoms with van der Waals surface area (Å²) < 4.78 is 5.56. The number of unbranched alkanes of at least 4 members (excludes halogenated alkanes) is 1. The first-order chi connectivity index (χ1) is 17.0. The maximum absolute atomic E-state index is 13.3. The Morgan fingerprint density at radius 3 is 2.69 bits per heavy atom. The predicted octanol–water partition coefficient (Wildman–Crippen LogP) is 3.65. The van der Waals surface area contributed by atoms with Crippen molar-refractivity contribution >= 4 is 28.6 Å². The van der Waals surface area contributed by atoms with Crippen LogP contribution in [-0.4, -0.2) is 41.3 Å². The van der Waals surface area contributed by atoms with Gasteiger partial charge in [-0.2, -0.15) is 0 Å². The maximum atomic E-state index is 13.3. The molecule has 0 radical (unpaired) electrons. The number of piperidine rings is 1. The number of carbonyl (C=O) groups excluding carboxylic acids is 3.